The lowest BCUT2D eigenvalue weighted by Crippen LogP contribution is -2.54. The summed E-state index contributed by atoms with van der Waals surface area (Å²) >= 11 is 0. The van der Waals surface area contributed by atoms with E-state index in [2.05, 4.69) is 16.1 Å². The molecule has 0 spiro atoms. The first-order valence-corrected chi connectivity index (χ1v) is 12.1. The number of carboxylic acid groups (broad SMARTS) is 2. The number of carboxylic acids is 2. The molecule has 0 bridgehead atoms. The number of benzene rings is 2. The second-order valence-corrected chi connectivity index (χ2v) is 9.29. The molecule has 0 aliphatic carbocycles. The molecular formula is C28H31N3O7. The highest BCUT2D eigenvalue weighted by Crippen LogP contribution is 2.29. The minimum Gasteiger partial charge on any atom is -0.481 e. The normalized spacial score (nSPS) is 18.3. The van der Waals surface area contributed by atoms with Gasteiger partial charge in [0.05, 0.1) is 18.2 Å². The van der Waals surface area contributed by atoms with Crippen molar-refractivity contribution >= 4 is 29.8 Å². The van der Waals surface area contributed by atoms with E-state index in [-0.39, 0.29) is 18.2 Å². The molecule has 10 nitrogen and oxygen atoms in total. The van der Waals surface area contributed by atoms with Crippen molar-refractivity contribution in [2.24, 2.45) is 5.92 Å². The Morgan fingerprint density at radius 2 is 1.61 bits per heavy atom. The van der Waals surface area contributed by atoms with Crippen LogP contribution in [-0.4, -0.2) is 51.7 Å². The van der Waals surface area contributed by atoms with Crippen molar-refractivity contribution in [1.29, 1.82) is 0 Å². The van der Waals surface area contributed by atoms with Gasteiger partial charge in [-0.2, -0.15) is 0 Å². The molecule has 0 saturated carbocycles. The number of hydrogen-bond acceptors (Lipinski definition) is 6. The highest BCUT2D eigenvalue weighted by atomic mass is 16.7. The molecule has 2 aromatic carbocycles. The predicted molar refractivity (Wildman–Crippen MR) is 139 cm³/mol. The molecule has 38 heavy (non-hydrogen) atoms. The van der Waals surface area contributed by atoms with Gasteiger partial charge in [0.25, 0.3) is 5.91 Å². The van der Waals surface area contributed by atoms with Crippen LogP contribution in [0.25, 0.3) is 6.08 Å². The van der Waals surface area contributed by atoms with Gasteiger partial charge in [-0.1, -0.05) is 74.5 Å². The number of hydrogen-bond donors (Lipinski definition) is 5. The third-order valence-corrected chi connectivity index (χ3v) is 5.94. The highest BCUT2D eigenvalue weighted by molar-refractivity contribution is 5.94. The van der Waals surface area contributed by atoms with Crippen molar-refractivity contribution in [2.45, 2.75) is 44.4 Å². The largest absolute Gasteiger partial charge is 0.481 e. The Hall–Kier alpha value is -4.44. The van der Waals surface area contributed by atoms with Crippen LogP contribution in [0.5, 0.6) is 0 Å². The third kappa shape index (κ3) is 7.53. The lowest BCUT2D eigenvalue weighted by atomic mass is 9.90. The first-order chi connectivity index (χ1) is 18.1. The second-order valence-electron chi connectivity index (χ2n) is 9.29. The molecule has 3 rings (SSSR count). The van der Waals surface area contributed by atoms with Crippen LogP contribution in [0.15, 0.2) is 78.5 Å². The molecule has 2 aromatic rings. The zero-order valence-corrected chi connectivity index (χ0v) is 21.1. The first-order valence-electron chi connectivity index (χ1n) is 12.1. The van der Waals surface area contributed by atoms with E-state index in [1.807, 2.05) is 50.2 Å². The fourth-order valence-corrected chi connectivity index (χ4v) is 3.99. The molecule has 1 aliphatic heterocycles. The molecule has 0 radical (unpaired) electrons. The SMILES string of the molecule is CC(C)[C@H](NC(=O)C=Cc1ccccc1)C1=CC(Cc2ccccc2)(C(=O)N[C@@H](CC(=O)O)C(=O)O)ON1. The number of nitrogens with one attached hydrogen (secondary N) is 3. The number of rotatable bonds is 12. The van der Waals surface area contributed by atoms with Crippen LogP contribution in [0, 0.1) is 5.92 Å². The summed E-state index contributed by atoms with van der Waals surface area (Å²) in [6, 6.07) is 16.1. The molecule has 3 atom stereocenters. The maximum Gasteiger partial charge on any atom is 0.326 e. The second kappa shape index (κ2) is 12.7. The standard InChI is InChI=1S/C28H31N3O7/c1-18(2)25(30-23(32)14-13-19-9-5-3-6-10-19)22-17-28(38-31-22,16-20-11-7-4-8-12-20)27(37)29-21(26(35)36)15-24(33)34/h3-14,17-18,21,25,31H,15-16H2,1-2H3,(H,29,37)(H,30,32)(H,33,34)(H,35,36)/t21-,25-,28?/m0/s1. The quantitative estimate of drug-likeness (QED) is 0.267. The zero-order valence-electron chi connectivity index (χ0n) is 21.1. The molecule has 10 heteroatoms. The molecular weight excluding hydrogens is 490 g/mol. The van der Waals surface area contributed by atoms with Crippen LogP contribution >= 0.6 is 0 Å². The van der Waals surface area contributed by atoms with Gasteiger partial charge < -0.3 is 20.8 Å². The minimum atomic E-state index is -1.69. The smallest absolute Gasteiger partial charge is 0.326 e. The van der Waals surface area contributed by atoms with Gasteiger partial charge in [0.1, 0.15) is 6.04 Å². The van der Waals surface area contributed by atoms with Gasteiger partial charge in [-0.3, -0.25) is 24.7 Å². The number of amides is 2. The van der Waals surface area contributed by atoms with Crippen molar-refractivity contribution in [2.75, 3.05) is 0 Å². The summed E-state index contributed by atoms with van der Waals surface area (Å²) in [6.45, 7) is 3.78. The van der Waals surface area contributed by atoms with Crippen LogP contribution in [0.1, 0.15) is 31.4 Å². The Balaban J connectivity index is 1.88. The van der Waals surface area contributed by atoms with E-state index in [1.54, 1.807) is 30.3 Å². The van der Waals surface area contributed by atoms with E-state index in [4.69, 9.17) is 9.94 Å². The van der Waals surface area contributed by atoms with Gasteiger partial charge in [-0.25, -0.2) is 4.79 Å². The molecule has 0 fully saturated rings. The Bertz CT molecular complexity index is 1210. The molecule has 0 saturated heterocycles. The molecule has 2 amide bonds. The topological polar surface area (TPSA) is 154 Å². The summed E-state index contributed by atoms with van der Waals surface area (Å²) in [7, 11) is 0. The lowest BCUT2D eigenvalue weighted by molar-refractivity contribution is -0.152. The summed E-state index contributed by atoms with van der Waals surface area (Å²) in [5, 5.41) is 23.7. The lowest BCUT2D eigenvalue weighted by Gasteiger charge is -2.26. The summed E-state index contributed by atoms with van der Waals surface area (Å²) in [5.41, 5.74) is 3.06. The third-order valence-electron chi connectivity index (χ3n) is 5.94. The van der Waals surface area contributed by atoms with Crippen molar-refractivity contribution in [3.8, 4) is 0 Å². The molecule has 200 valence electrons. The summed E-state index contributed by atoms with van der Waals surface area (Å²) in [6.07, 6.45) is 3.84. The van der Waals surface area contributed by atoms with Gasteiger partial charge in [-0.15, -0.1) is 0 Å². The van der Waals surface area contributed by atoms with Gasteiger partial charge in [0, 0.05) is 12.5 Å². The average molecular weight is 522 g/mol. The Kier molecular flexibility index (Phi) is 9.39. The number of carbonyl (C=O) groups excluding carboxylic acids is 2. The molecule has 1 heterocycles. The van der Waals surface area contributed by atoms with Gasteiger partial charge in [0.2, 0.25) is 5.91 Å². The maximum atomic E-state index is 13.4. The van der Waals surface area contributed by atoms with Crippen molar-refractivity contribution in [3.63, 3.8) is 0 Å². The summed E-state index contributed by atoms with van der Waals surface area (Å²) in [5.74, 6) is -4.14. The highest BCUT2D eigenvalue weighted by Gasteiger charge is 2.46. The van der Waals surface area contributed by atoms with Crippen LogP contribution < -0.4 is 16.1 Å². The molecule has 0 aromatic heterocycles. The van der Waals surface area contributed by atoms with E-state index < -0.39 is 42.0 Å². The average Bonchev–Trinajstić information content (AvgIpc) is 3.31. The maximum absolute atomic E-state index is 13.4. The Labute approximate surface area is 220 Å². The van der Waals surface area contributed by atoms with E-state index in [9.17, 15) is 24.3 Å². The fourth-order valence-electron chi connectivity index (χ4n) is 3.99. The van der Waals surface area contributed by atoms with Crippen molar-refractivity contribution < 1.29 is 34.2 Å². The molecule has 1 unspecified atom stereocenters. The van der Waals surface area contributed by atoms with E-state index in [0.717, 1.165) is 11.1 Å². The summed E-state index contributed by atoms with van der Waals surface area (Å²) in [4.78, 5) is 54.6. The zero-order chi connectivity index (χ0) is 27.7. The van der Waals surface area contributed by atoms with Crippen LogP contribution in [0.4, 0.5) is 0 Å². The predicted octanol–water partition coefficient (Wildman–Crippen LogP) is 2.28. The van der Waals surface area contributed by atoms with Gasteiger partial charge >= 0.3 is 11.9 Å². The Morgan fingerprint density at radius 3 is 2.18 bits per heavy atom. The molecule has 5 N–H and O–H groups in total. The van der Waals surface area contributed by atoms with Crippen LogP contribution in [-0.2, 0) is 30.4 Å². The van der Waals surface area contributed by atoms with Gasteiger partial charge in [0.15, 0.2) is 5.60 Å². The van der Waals surface area contributed by atoms with E-state index >= 15 is 0 Å². The fraction of sp³-hybridized carbons (Fsp3) is 0.286. The van der Waals surface area contributed by atoms with Crippen molar-refractivity contribution in [1.82, 2.24) is 16.1 Å². The number of carbonyl (C=O) groups is 4. The minimum absolute atomic E-state index is 0.0300. The number of hydroxylamine groups is 1. The van der Waals surface area contributed by atoms with Crippen molar-refractivity contribution in [3.05, 3.63) is 89.6 Å². The monoisotopic (exact) mass is 521 g/mol. The first kappa shape index (κ1) is 28.1. The Morgan fingerprint density at radius 1 is 0.974 bits per heavy atom. The van der Waals surface area contributed by atoms with Gasteiger partial charge in [-0.05, 0) is 29.2 Å². The molecule has 1 aliphatic rings. The number of aliphatic carboxylic acids is 2. The van der Waals surface area contributed by atoms with E-state index in [1.165, 1.54) is 12.2 Å². The summed E-state index contributed by atoms with van der Waals surface area (Å²) < 4.78 is 0. The van der Waals surface area contributed by atoms with Crippen LogP contribution in [0.2, 0.25) is 0 Å². The van der Waals surface area contributed by atoms with E-state index in [0.29, 0.717) is 5.70 Å². The van der Waals surface area contributed by atoms with Crippen LogP contribution in [0.3, 0.4) is 0 Å².